The molecule has 2 atom stereocenters. The summed E-state index contributed by atoms with van der Waals surface area (Å²) in [5.74, 6) is 1.23. The fourth-order valence-electron chi connectivity index (χ4n) is 0.996. The van der Waals surface area contributed by atoms with E-state index in [0.29, 0.717) is 18.6 Å². The van der Waals surface area contributed by atoms with Gasteiger partial charge in [-0.2, -0.15) is 0 Å². The Balaban J connectivity index is 2.04. The molecular formula is C7H12BrClO2. The van der Waals surface area contributed by atoms with Crippen molar-refractivity contribution in [2.24, 2.45) is 5.92 Å². The van der Waals surface area contributed by atoms with Crippen LogP contribution in [0.5, 0.6) is 0 Å². The van der Waals surface area contributed by atoms with Crippen LogP contribution >= 0.6 is 27.5 Å². The lowest BCUT2D eigenvalue weighted by Crippen LogP contribution is -2.09. The molecule has 11 heavy (non-hydrogen) atoms. The fourth-order valence-corrected chi connectivity index (χ4v) is 1.85. The van der Waals surface area contributed by atoms with Gasteiger partial charge in [-0.05, 0) is 6.42 Å². The van der Waals surface area contributed by atoms with Crippen LogP contribution < -0.4 is 0 Å². The van der Waals surface area contributed by atoms with Gasteiger partial charge in [0, 0.05) is 23.2 Å². The average molecular weight is 244 g/mol. The van der Waals surface area contributed by atoms with Gasteiger partial charge in [0.05, 0.1) is 6.61 Å². The van der Waals surface area contributed by atoms with E-state index in [1.807, 2.05) is 0 Å². The highest BCUT2D eigenvalue weighted by Crippen LogP contribution is 2.51. The van der Waals surface area contributed by atoms with E-state index in [9.17, 15) is 0 Å². The second-order valence-electron chi connectivity index (χ2n) is 2.85. The van der Waals surface area contributed by atoms with E-state index in [4.69, 9.17) is 21.1 Å². The molecule has 0 spiro atoms. The lowest BCUT2D eigenvalue weighted by Gasteiger charge is -2.04. The van der Waals surface area contributed by atoms with Gasteiger partial charge in [-0.3, -0.25) is 0 Å². The minimum absolute atomic E-state index is 0.155. The van der Waals surface area contributed by atoms with Crippen molar-refractivity contribution in [2.45, 2.75) is 10.7 Å². The van der Waals surface area contributed by atoms with Crippen LogP contribution in [0.1, 0.15) is 6.42 Å². The van der Waals surface area contributed by atoms with Gasteiger partial charge in [0.25, 0.3) is 0 Å². The quantitative estimate of drug-likeness (QED) is 0.418. The molecule has 0 amide bonds. The lowest BCUT2D eigenvalue weighted by atomic mass is 10.4. The zero-order chi connectivity index (χ0) is 8.32. The Bertz CT molecular complexity index is 134. The van der Waals surface area contributed by atoms with Crippen LogP contribution in [0.4, 0.5) is 0 Å². The van der Waals surface area contributed by atoms with E-state index in [1.165, 1.54) is 0 Å². The van der Waals surface area contributed by atoms with Crippen LogP contribution in [0.2, 0.25) is 0 Å². The molecule has 1 aliphatic carbocycles. The number of methoxy groups -OCH3 is 1. The van der Waals surface area contributed by atoms with Gasteiger partial charge in [-0.15, -0.1) is 11.6 Å². The van der Waals surface area contributed by atoms with Crippen molar-refractivity contribution in [3.63, 3.8) is 0 Å². The highest BCUT2D eigenvalue weighted by molar-refractivity contribution is 9.10. The fraction of sp³-hybridized carbons (Fsp3) is 1.00. The van der Waals surface area contributed by atoms with E-state index in [1.54, 1.807) is 7.11 Å². The van der Waals surface area contributed by atoms with Crippen molar-refractivity contribution < 1.29 is 9.47 Å². The van der Waals surface area contributed by atoms with Crippen LogP contribution in [0.25, 0.3) is 0 Å². The first kappa shape index (κ1) is 9.78. The maximum absolute atomic E-state index is 5.71. The molecule has 0 aromatic heterocycles. The molecule has 2 nitrogen and oxygen atoms in total. The van der Waals surface area contributed by atoms with Gasteiger partial charge in [-0.1, -0.05) is 15.9 Å². The second kappa shape index (κ2) is 4.08. The molecule has 66 valence electrons. The third-order valence-corrected chi connectivity index (χ3v) is 3.95. The molecule has 0 radical (unpaired) electrons. The highest BCUT2D eigenvalue weighted by atomic mass is 79.9. The summed E-state index contributed by atoms with van der Waals surface area (Å²) in [5, 5.41) is 0. The van der Waals surface area contributed by atoms with Gasteiger partial charge in [0.1, 0.15) is 6.79 Å². The van der Waals surface area contributed by atoms with E-state index < -0.39 is 0 Å². The second-order valence-corrected chi connectivity index (χ2v) is 4.69. The first-order chi connectivity index (χ1) is 5.23. The Morgan fingerprint density at radius 2 is 2.45 bits per heavy atom. The summed E-state index contributed by atoms with van der Waals surface area (Å²) in [6.45, 7) is 1.12. The SMILES string of the molecule is COCOC[C@H]1C[C@@]1(Br)CCl. The monoisotopic (exact) mass is 242 g/mol. The van der Waals surface area contributed by atoms with Gasteiger partial charge >= 0.3 is 0 Å². The first-order valence-corrected chi connectivity index (χ1v) is 4.87. The summed E-state index contributed by atoms with van der Waals surface area (Å²) in [6.07, 6.45) is 1.11. The predicted molar refractivity (Wildman–Crippen MR) is 48.3 cm³/mol. The summed E-state index contributed by atoms with van der Waals surface area (Å²) < 4.78 is 10.1. The first-order valence-electron chi connectivity index (χ1n) is 3.54. The number of halogens is 2. The van der Waals surface area contributed by atoms with Gasteiger partial charge < -0.3 is 9.47 Å². The van der Waals surface area contributed by atoms with Crippen LogP contribution in [-0.4, -0.2) is 30.7 Å². The van der Waals surface area contributed by atoms with Crippen LogP contribution in [-0.2, 0) is 9.47 Å². The van der Waals surface area contributed by atoms with Crippen LogP contribution in [0, 0.1) is 5.92 Å². The zero-order valence-corrected chi connectivity index (χ0v) is 8.82. The molecule has 0 aliphatic heterocycles. The van der Waals surface area contributed by atoms with Crippen molar-refractivity contribution in [3.8, 4) is 0 Å². The normalized spacial score (nSPS) is 35.7. The number of rotatable bonds is 5. The molecule has 0 N–H and O–H groups in total. The molecule has 1 fully saturated rings. The van der Waals surface area contributed by atoms with E-state index >= 15 is 0 Å². The Morgan fingerprint density at radius 3 is 2.91 bits per heavy atom. The molecule has 1 aliphatic rings. The van der Waals surface area contributed by atoms with Gasteiger partial charge in [0.15, 0.2) is 0 Å². The predicted octanol–water partition coefficient (Wildman–Crippen LogP) is 2.00. The van der Waals surface area contributed by atoms with Crippen molar-refractivity contribution in [2.75, 3.05) is 26.4 Å². The molecule has 0 aromatic carbocycles. The van der Waals surface area contributed by atoms with Crippen molar-refractivity contribution in [1.82, 2.24) is 0 Å². The highest BCUT2D eigenvalue weighted by Gasteiger charge is 2.51. The Hall–Kier alpha value is 0.690. The number of ether oxygens (including phenoxy) is 2. The Kier molecular flexibility index (Phi) is 3.62. The largest absolute Gasteiger partial charge is 0.359 e. The number of hydrogen-bond acceptors (Lipinski definition) is 2. The summed E-state index contributed by atoms with van der Waals surface area (Å²) in [4.78, 5) is 0. The summed E-state index contributed by atoms with van der Waals surface area (Å²) in [5.41, 5.74) is 0. The molecule has 0 bridgehead atoms. The molecule has 0 aromatic rings. The number of alkyl halides is 2. The maximum Gasteiger partial charge on any atom is 0.146 e. The summed E-state index contributed by atoms with van der Waals surface area (Å²) >= 11 is 9.27. The van der Waals surface area contributed by atoms with E-state index in [0.717, 1.165) is 13.0 Å². The topological polar surface area (TPSA) is 18.5 Å². The summed E-state index contributed by atoms with van der Waals surface area (Å²) in [6, 6.07) is 0. The van der Waals surface area contributed by atoms with Gasteiger partial charge in [-0.25, -0.2) is 0 Å². The third-order valence-electron chi connectivity index (χ3n) is 1.90. The minimum atomic E-state index is 0.155. The van der Waals surface area contributed by atoms with Crippen molar-refractivity contribution in [1.29, 1.82) is 0 Å². The standard InChI is InChI=1S/C7H12BrClO2/c1-10-5-11-3-6-2-7(6,8)4-9/h6H,2-5H2,1H3/t6-,7-/m1/s1. The molecular weight excluding hydrogens is 231 g/mol. The maximum atomic E-state index is 5.71. The van der Waals surface area contributed by atoms with E-state index in [2.05, 4.69) is 15.9 Å². The average Bonchev–Trinajstić information content (AvgIpc) is 2.64. The molecule has 0 unspecified atom stereocenters. The Morgan fingerprint density at radius 1 is 1.73 bits per heavy atom. The molecule has 0 heterocycles. The van der Waals surface area contributed by atoms with Gasteiger partial charge in [0.2, 0.25) is 0 Å². The van der Waals surface area contributed by atoms with Crippen molar-refractivity contribution in [3.05, 3.63) is 0 Å². The van der Waals surface area contributed by atoms with Crippen LogP contribution in [0.15, 0.2) is 0 Å². The Labute approximate surface area is 80.3 Å². The molecule has 4 heteroatoms. The van der Waals surface area contributed by atoms with E-state index in [-0.39, 0.29) is 4.32 Å². The lowest BCUT2D eigenvalue weighted by molar-refractivity contribution is -0.0348. The molecule has 0 saturated heterocycles. The molecule has 1 saturated carbocycles. The minimum Gasteiger partial charge on any atom is -0.359 e. The number of hydrogen-bond donors (Lipinski definition) is 0. The van der Waals surface area contributed by atoms with Crippen LogP contribution in [0.3, 0.4) is 0 Å². The smallest absolute Gasteiger partial charge is 0.146 e. The zero-order valence-electron chi connectivity index (χ0n) is 6.48. The molecule has 1 rings (SSSR count). The van der Waals surface area contributed by atoms with Crippen molar-refractivity contribution >= 4 is 27.5 Å². The summed E-state index contributed by atoms with van der Waals surface area (Å²) in [7, 11) is 1.62. The third kappa shape index (κ3) is 2.58.